The van der Waals surface area contributed by atoms with Crippen LogP contribution in [0.4, 0.5) is 0 Å². The molecule has 0 saturated heterocycles. The van der Waals surface area contributed by atoms with Crippen LogP contribution in [0.3, 0.4) is 0 Å². The van der Waals surface area contributed by atoms with Gasteiger partial charge in [-0.1, -0.05) is 31.5 Å². The molecule has 2 rings (SSSR count). The number of nitrogens with zero attached hydrogens (tertiary/aromatic N) is 1. The summed E-state index contributed by atoms with van der Waals surface area (Å²) in [5, 5.41) is 1.27. The lowest BCUT2D eigenvalue weighted by Gasteiger charge is -2.08. The van der Waals surface area contributed by atoms with Crippen molar-refractivity contribution >= 4 is 10.9 Å². The number of rotatable bonds is 4. The first-order chi connectivity index (χ1) is 7.85. The van der Waals surface area contributed by atoms with Gasteiger partial charge in [-0.25, -0.2) is 0 Å². The summed E-state index contributed by atoms with van der Waals surface area (Å²) >= 11 is 0. The smallest absolute Gasteiger partial charge is 0.0708 e. The SMILES string of the molecule is CCCCc1cc(CN)nc2ccccc12. The molecule has 1 heterocycles. The predicted octanol–water partition coefficient (Wildman–Crippen LogP) is 3.04. The number of aryl methyl sites for hydroxylation is 1. The maximum atomic E-state index is 5.68. The molecule has 16 heavy (non-hydrogen) atoms. The van der Waals surface area contributed by atoms with Crippen molar-refractivity contribution < 1.29 is 0 Å². The molecule has 1 aromatic heterocycles. The zero-order chi connectivity index (χ0) is 11.4. The Kier molecular flexibility index (Phi) is 3.52. The summed E-state index contributed by atoms with van der Waals surface area (Å²) in [5.74, 6) is 0. The minimum atomic E-state index is 0.518. The third kappa shape index (κ3) is 2.22. The van der Waals surface area contributed by atoms with E-state index < -0.39 is 0 Å². The lowest BCUT2D eigenvalue weighted by atomic mass is 10.0. The van der Waals surface area contributed by atoms with Gasteiger partial charge in [-0.15, -0.1) is 0 Å². The Bertz CT molecular complexity index is 477. The van der Waals surface area contributed by atoms with Crippen molar-refractivity contribution in [3.63, 3.8) is 0 Å². The highest BCUT2D eigenvalue weighted by atomic mass is 14.7. The zero-order valence-corrected chi connectivity index (χ0v) is 9.74. The number of pyridine rings is 1. The quantitative estimate of drug-likeness (QED) is 0.849. The molecular formula is C14H18N2. The molecule has 0 radical (unpaired) electrons. The standard InChI is InChI=1S/C14H18N2/c1-2-3-6-11-9-12(10-15)16-14-8-5-4-7-13(11)14/h4-5,7-9H,2-3,6,10,15H2,1H3. The van der Waals surface area contributed by atoms with E-state index in [1.807, 2.05) is 6.07 Å². The highest BCUT2D eigenvalue weighted by Crippen LogP contribution is 2.20. The number of fused-ring (bicyclic) bond motifs is 1. The molecule has 0 atom stereocenters. The first kappa shape index (κ1) is 11.1. The summed E-state index contributed by atoms with van der Waals surface area (Å²) in [5.41, 5.74) is 9.12. The molecule has 1 aromatic carbocycles. The van der Waals surface area contributed by atoms with Crippen LogP contribution in [0.15, 0.2) is 30.3 Å². The lowest BCUT2D eigenvalue weighted by molar-refractivity contribution is 0.796. The molecule has 0 fully saturated rings. The number of benzene rings is 1. The van der Waals surface area contributed by atoms with Gasteiger partial charge in [0.1, 0.15) is 0 Å². The molecule has 0 aliphatic heterocycles. The molecule has 0 spiro atoms. The Balaban J connectivity index is 2.50. The fourth-order valence-corrected chi connectivity index (χ4v) is 1.99. The number of nitrogens with two attached hydrogens (primary N) is 1. The summed E-state index contributed by atoms with van der Waals surface area (Å²) in [7, 11) is 0. The van der Waals surface area contributed by atoms with E-state index in [1.165, 1.54) is 23.8 Å². The fraction of sp³-hybridized carbons (Fsp3) is 0.357. The van der Waals surface area contributed by atoms with Crippen molar-refractivity contribution in [1.29, 1.82) is 0 Å². The number of hydrogen-bond donors (Lipinski definition) is 1. The molecular weight excluding hydrogens is 196 g/mol. The third-order valence-corrected chi connectivity index (χ3v) is 2.86. The van der Waals surface area contributed by atoms with Crippen LogP contribution in [0.25, 0.3) is 10.9 Å². The van der Waals surface area contributed by atoms with Crippen molar-refractivity contribution in [1.82, 2.24) is 4.98 Å². The first-order valence-electron chi connectivity index (χ1n) is 5.92. The van der Waals surface area contributed by atoms with Gasteiger partial charge in [-0.2, -0.15) is 0 Å². The van der Waals surface area contributed by atoms with Crippen molar-refractivity contribution in [2.45, 2.75) is 32.7 Å². The predicted molar refractivity (Wildman–Crippen MR) is 68.2 cm³/mol. The molecule has 2 heteroatoms. The molecule has 2 aromatic rings. The summed E-state index contributed by atoms with van der Waals surface area (Å²) in [6.07, 6.45) is 3.55. The molecule has 2 nitrogen and oxygen atoms in total. The van der Waals surface area contributed by atoms with Gasteiger partial charge in [0.25, 0.3) is 0 Å². The van der Waals surface area contributed by atoms with E-state index in [0.29, 0.717) is 6.54 Å². The topological polar surface area (TPSA) is 38.9 Å². The monoisotopic (exact) mass is 214 g/mol. The Labute approximate surface area is 96.5 Å². The van der Waals surface area contributed by atoms with Crippen LogP contribution in [0.5, 0.6) is 0 Å². The van der Waals surface area contributed by atoms with Gasteiger partial charge < -0.3 is 5.73 Å². The van der Waals surface area contributed by atoms with E-state index in [9.17, 15) is 0 Å². The van der Waals surface area contributed by atoms with Gasteiger partial charge in [0.05, 0.1) is 11.2 Å². The second-order valence-electron chi connectivity index (χ2n) is 4.10. The normalized spacial score (nSPS) is 10.9. The van der Waals surface area contributed by atoms with Crippen molar-refractivity contribution in [2.24, 2.45) is 5.73 Å². The van der Waals surface area contributed by atoms with Crippen LogP contribution in [-0.2, 0) is 13.0 Å². The Morgan fingerprint density at radius 1 is 1.25 bits per heavy atom. The van der Waals surface area contributed by atoms with Gasteiger partial charge in [0.15, 0.2) is 0 Å². The minimum Gasteiger partial charge on any atom is -0.325 e. The van der Waals surface area contributed by atoms with E-state index in [-0.39, 0.29) is 0 Å². The summed E-state index contributed by atoms with van der Waals surface area (Å²) in [6, 6.07) is 10.5. The number of unbranched alkanes of at least 4 members (excludes halogenated alkanes) is 1. The summed E-state index contributed by atoms with van der Waals surface area (Å²) in [6.45, 7) is 2.73. The van der Waals surface area contributed by atoms with Gasteiger partial charge >= 0.3 is 0 Å². The first-order valence-corrected chi connectivity index (χ1v) is 5.92. The van der Waals surface area contributed by atoms with Crippen molar-refractivity contribution in [2.75, 3.05) is 0 Å². The number of para-hydroxylation sites is 1. The van der Waals surface area contributed by atoms with E-state index in [1.54, 1.807) is 0 Å². The van der Waals surface area contributed by atoms with Crippen molar-refractivity contribution in [3.05, 3.63) is 41.6 Å². The molecule has 2 N–H and O–H groups in total. The van der Waals surface area contributed by atoms with Crippen LogP contribution in [0, 0.1) is 0 Å². The van der Waals surface area contributed by atoms with Gasteiger partial charge in [0.2, 0.25) is 0 Å². The fourth-order valence-electron chi connectivity index (χ4n) is 1.99. The molecule has 0 bridgehead atoms. The Morgan fingerprint density at radius 2 is 2.06 bits per heavy atom. The molecule has 0 unspecified atom stereocenters. The second-order valence-corrected chi connectivity index (χ2v) is 4.10. The third-order valence-electron chi connectivity index (χ3n) is 2.86. The average molecular weight is 214 g/mol. The Hall–Kier alpha value is -1.41. The highest BCUT2D eigenvalue weighted by Gasteiger charge is 2.04. The van der Waals surface area contributed by atoms with Crippen LogP contribution >= 0.6 is 0 Å². The highest BCUT2D eigenvalue weighted by molar-refractivity contribution is 5.82. The Morgan fingerprint density at radius 3 is 2.81 bits per heavy atom. The average Bonchev–Trinajstić information content (AvgIpc) is 2.35. The molecule has 0 aliphatic rings. The van der Waals surface area contributed by atoms with Crippen LogP contribution in [-0.4, -0.2) is 4.98 Å². The largest absolute Gasteiger partial charge is 0.325 e. The van der Waals surface area contributed by atoms with Gasteiger partial charge in [-0.3, -0.25) is 4.98 Å². The van der Waals surface area contributed by atoms with Gasteiger partial charge in [-0.05, 0) is 30.5 Å². The molecule has 0 aliphatic carbocycles. The molecule has 84 valence electrons. The van der Waals surface area contributed by atoms with E-state index >= 15 is 0 Å². The van der Waals surface area contributed by atoms with Gasteiger partial charge in [0, 0.05) is 11.9 Å². The van der Waals surface area contributed by atoms with Crippen LogP contribution in [0.1, 0.15) is 31.0 Å². The molecule has 0 amide bonds. The van der Waals surface area contributed by atoms with Crippen molar-refractivity contribution in [3.8, 4) is 0 Å². The second kappa shape index (κ2) is 5.08. The zero-order valence-electron chi connectivity index (χ0n) is 9.74. The minimum absolute atomic E-state index is 0.518. The maximum absolute atomic E-state index is 5.68. The summed E-state index contributed by atoms with van der Waals surface area (Å²) < 4.78 is 0. The maximum Gasteiger partial charge on any atom is 0.0708 e. The number of aromatic nitrogens is 1. The molecule has 0 saturated carbocycles. The van der Waals surface area contributed by atoms with E-state index in [4.69, 9.17) is 5.73 Å². The van der Waals surface area contributed by atoms with E-state index in [2.05, 4.69) is 36.2 Å². The van der Waals surface area contributed by atoms with E-state index in [0.717, 1.165) is 17.6 Å². The van der Waals surface area contributed by atoms with Crippen LogP contribution in [0.2, 0.25) is 0 Å². The lowest BCUT2D eigenvalue weighted by Crippen LogP contribution is -2.02. The van der Waals surface area contributed by atoms with Crippen LogP contribution < -0.4 is 5.73 Å². The summed E-state index contributed by atoms with van der Waals surface area (Å²) in [4.78, 5) is 4.54. The number of hydrogen-bond acceptors (Lipinski definition) is 2.